The molecule has 0 spiro atoms. The number of carbonyl (C=O) groups excluding carboxylic acids is 2. The molecule has 0 saturated heterocycles. The Morgan fingerprint density at radius 1 is 1.13 bits per heavy atom. The van der Waals surface area contributed by atoms with Gasteiger partial charge in [0.2, 0.25) is 5.91 Å². The molecule has 1 atom stereocenters. The van der Waals surface area contributed by atoms with Crippen molar-refractivity contribution in [3.05, 3.63) is 52.2 Å². The predicted molar refractivity (Wildman–Crippen MR) is 85.4 cm³/mol. The van der Waals surface area contributed by atoms with E-state index in [1.165, 1.54) is 17.4 Å². The van der Waals surface area contributed by atoms with Gasteiger partial charge in [-0.05, 0) is 29.5 Å². The van der Waals surface area contributed by atoms with Crippen LogP contribution in [0.4, 0.5) is 14.5 Å². The van der Waals surface area contributed by atoms with E-state index in [0.29, 0.717) is 4.88 Å². The Hall–Kier alpha value is -2.28. The highest BCUT2D eigenvalue weighted by Crippen LogP contribution is 2.15. The Morgan fingerprint density at radius 2 is 1.87 bits per heavy atom. The van der Waals surface area contributed by atoms with Gasteiger partial charge >= 0.3 is 0 Å². The van der Waals surface area contributed by atoms with Gasteiger partial charge in [-0.2, -0.15) is 0 Å². The summed E-state index contributed by atoms with van der Waals surface area (Å²) in [6.45, 7) is 3.56. The van der Waals surface area contributed by atoms with Crippen LogP contribution in [-0.4, -0.2) is 17.9 Å². The summed E-state index contributed by atoms with van der Waals surface area (Å²) >= 11 is 1.27. The molecule has 1 aromatic heterocycles. The highest BCUT2D eigenvalue weighted by molar-refractivity contribution is 7.12. The van der Waals surface area contributed by atoms with Gasteiger partial charge in [-0.15, -0.1) is 11.3 Å². The largest absolute Gasteiger partial charge is 0.339 e. The van der Waals surface area contributed by atoms with Crippen LogP contribution in [0.2, 0.25) is 0 Å². The van der Waals surface area contributed by atoms with Crippen molar-refractivity contribution < 1.29 is 18.4 Å². The summed E-state index contributed by atoms with van der Waals surface area (Å²) in [7, 11) is 0. The van der Waals surface area contributed by atoms with Gasteiger partial charge in [-0.1, -0.05) is 19.9 Å². The number of thiophene rings is 1. The van der Waals surface area contributed by atoms with Gasteiger partial charge < -0.3 is 10.6 Å². The average Bonchev–Trinajstić information content (AvgIpc) is 3.02. The van der Waals surface area contributed by atoms with Crippen LogP contribution in [-0.2, 0) is 4.79 Å². The Bertz CT molecular complexity index is 702. The van der Waals surface area contributed by atoms with E-state index in [2.05, 4.69) is 10.6 Å². The van der Waals surface area contributed by atoms with Crippen LogP contribution in [0.3, 0.4) is 0 Å². The van der Waals surface area contributed by atoms with Crippen molar-refractivity contribution in [1.82, 2.24) is 5.32 Å². The number of carbonyl (C=O) groups is 2. The molecule has 122 valence electrons. The molecule has 2 N–H and O–H groups in total. The average molecular weight is 338 g/mol. The zero-order valence-corrected chi connectivity index (χ0v) is 13.4. The lowest BCUT2D eigenvalue weighted by Crippen LogP contribution is -2.46. The van der Waals surface area contributed by atoms with E-state index in [1.54, 1.807) is 31.4 Å². The van der Waals surface area contributed by atoms with Crippen molar-refractivity contribution in [2.24, 2.45) is 5.92 Å². The van der Waals surface area contributed by atoms with Gasteiger partial charge in [0, 0.05) is 11.8 Å². The zero-order valence-electron chi connectivity index (χ0n) is 12.6. The minimum atomic E-state index is -1.05. The first kappa shape index (κ1) is 17.1. The van der Waals surface area contributed by atoms with E-state index in [9.17, 15) is 18.4 Å². The van der Waals surface area contributed by atoms with E-state index in [-0.39, 0.29) is 17.5 Å². The fraction of sp³-hybridized carbons (Fsp3) is 0.250. The Kier molecular flexibility index (Phi) is 5.44. The van der Waals surface area contributed by atoms with Crippen LogP contribution in [0.5, 0.6) is 0 Å². The van der Waals surface area contributed by atoms with Crippen LogP contribution >= 0.6 is 11.3 Å². The molecule has 2 amide bonds. The second kappa shape index (κ2) is 7.32. The minimum Gasteiger partial charge on any atom is -0.339 e. The number of halogens is 2. The molecule has 1 heterocycles. The molecule has 0 fully saturated rings. The van der Waals surface area contributed by atoms with Gasteiger partial charge in [0.15, 0.2) is 11.6 Å². The maximum Gasteiger partial charge on any atom is 0.262 e. The van der Waals surface area contributed by atoms with Gasteiger partial charge in [-0.25, -0.2) is 8.78 Å². The number of rotatable bonds is 5. The van der Waals surface area contributed by atoms with Crippen molar-refractivity contribution in [1.29, 1.82) is 0 Å². The molecule has 23 heavy (non-hydrogen) atoms. The molecule has 1 aromatic carbocycles. The number of hydrogen-bond acceptors (Lipinski definition) is 3. The van der Waals surface area contributed by atoms with Crippen LogP contribution in [0, 0.1) is 17.6 Å². The first-order valence-electron chi connectivity index (χ1n) is 6.98. The summed E-state index contributed by atoms with van der Waals surface area (Å²) in [6, 6.07) is 5.69. The molecule has 0 unspecified atom stereocenters. The molecule has 2 aromatic rings. The van der Waals surface area contributed by atoms with E-state index < -0.39 is 23.6 Å². The number of hydrogen-bond donors (Lipinski definition) is 2. The first-order chi connectivity index (χ1) is 10.9. The second-order valence-electron chi connectivity index (χ2n) is 5.29. The zero-order chi connectivity index (χ0) is 17.0. The number of benzene rings is 1. The highest BCUT2D eigenvalue weighted by atomic mass is 32.1. The third kappa shape index (κ3) is 4.35. The molecule has 0 aliphatic heterocycles. The lowest BCUT2D eigenvalue weighted by molar-refractivity contribution is -0.118. The topological polar surface area (TPSA) is 58.2 Å². The second-order valence-corrected chi connectivity index (χ2v) is 6.24. The lowest BCUT2D eigenvalue weighted by Gasteiger charge is -2.21. The van der Waals surface area contributed by atoms with Crippen molar-refractivity contribution in [3.8, 4) is 0 Å². The van der Waals surface area contributed by atoms with Crippen LogP contribution < -0.4 is 10.6 Å². The molecule has 2 rings (SSSR count). The maximum atomic E-state index is 13.2. The van der Waals surface area contributed by atoms with Gasteiger partial charge in [0.1, 0.15) is 6.04 Å². The summed E-state index contributed by atoms with van der Waals surface area (Å²) in [4.78, 5) is 24.9. The van der Waals surface area contributed by atoms with E-state index in [4.69, 9.17) is 0 Å². The summed E-state index contributed by atoms with van der Waals surface area (Å²) in [5, 5.41) is 6.91. The first-order valence-corrected chi connectivity index (χ1v) is 7.86. The van der Waals surface area contributed by atoms with Crippen molar-refractivity contribution in [3.63, 3.8) is 0 Å². The molecular formula is C16H16F2N2O2S. The lowest BCUT2D eigenvalue weighted by atomic mass is 10.0. The summed E-state index contributed by atoms with van der Waals surface area (Å²) < 4.78 is 26.1. The fourth-order valence-electron chi connectivity index (χ4n) is 1.95. The summed E-state index contributed by atoms with van der Waals surface area (Å²) in [5.74, 6) is -3.06. The van der Waals surface area contributed by atoms with E-state index in [1.807, 2.05) is 0 Å². The van der Waals surface area contributed by atoms with Gasteiger partial charge in [0.05, 0.1) is 4.88 Å². The Labute approximate surface area is 136 Å². The van der Waals surface area contributed by atoms with Crippen molar-refractivity contribution in [2.75, 3.05) is 5.32 Å². The van der Waals surface area contributed by atoms with Crippen LogP contribution in [0.15, 0.2) is 35.7 Å². The minimum absolute atomic E-state index is 0.130. The third-order valence-corrected chi connectivity index (χ3v) is 4.04. The monoisotopic (exact) mass is 338 g/mol. The van der Waals surface area contributed by atoms with Crippen molar-refractivity contribution >= 4 is 28.8 Å². The van der Waals surface area contributed by atoms with Crippen molar-refractivity contribution in [2.45, 2.75) is 19.9 Å². The molecule has 0 saturated carbocycles. The molecular weight excluding hydrogens is 322 g/mol. The standard InChI is InChI=1S/C16H16F2N2O2S/c1-9(2)14(20-15(21)13-4-3-7-23-13)16(22)19-10-5-6-11(17)12(18)8-10/h3-9,14H,1-2H3,(H,19,22)(H,20,21)/t14-/m0/s1. The van der Waals surface area contributed by atoms with Gasteiger partial charge in [-0.3, -0.25) is 9.59 Å². The smallest absolute Gasteiger partial charge is 0.262 e. The predicted octanol–water partition coefficient (Wildman–Crippen LogP) is 3.42. The summed E-state index contributed by atoms with van der Waals surface area (Å²) in [6.07, 6.45) is 0. The fourth-order valence-corrected chi connectivity index (χ4v) is 2.58. The molecule has 4 nitrogen and oxygen atoms in total. The molecule has 0 radical (unpaired) electrons. The number of anilines is 1. The van der Waals surface area contributed by atoms with E-state index >= 15 is 0 Å². The van der Waals surface area contributed by atoms with Crippen LogP contribution in [0.1, 0.15) is 23.5 Å². The summed E-state index contributed by atoms with van der Waals surface area (Å²) in [5.41, 5.74) is 0.130. The van der Waals surface area contributed by atoms with Crippen LogP contribution in [0.25, 0.3) is 0 Å². The molecule has 0 bridgehead atoms. The molecule has 0 aliphatic carbocycles. The normalized spacial score (nSPS) is 12.0. The quantitative estimate of drug-likeness (QED) is 0.878. The maximum absolute atomic E-state index is 13.2. The highest BCUT2D eigenvalue weighted by Gasteiger charge is 2.25. The van der Waals surface area contributed by atoms with E-state index in [0.717, 1.165) is 12.1 Å². The van der Waals surface area contributed by atoms with Gasteiger partial charge in [0.25, 0.3) is 5.91 Å². The SMILES string of the molecule is CC(C)[C@H](NC(=O)c1cccs1)C(=O)Nc1ccc(F)c(F)c1. The third-order valence-electron chi connectivity index (χ3n) is 3.17. The number of nitrogens with one attached hydrogen (secondary N) is 2. The number of amides is 2. The Morgan fingerprint density at radius 3 is 2.43 bits per heavy atom. The Balaban J connectivity index is 2.09. The molecule has 0 aliphatic rings. The molecule has 7 heteroatoms.